The Kier molecular flexibility index (Phi) is 5.98. The second kappa shape index (κ2) is 8.59. The zero-order valence-corrected chi connectivity index (χ0v) is 15.0. The van der Waals surface area contributed by atoms with Gasteiger partial charge in [-0.3, -0.25) is 9.59 Å². The first-order valence-corrected chi connectivity index (χ1v) is 8.93. The van der Waals surface area contributed by atoms with E-state index in [0.29, 0.717) is 22.6 Å². The van der Waals surface area contributed by atoms with Crippen molar-refractivity contribution in [3.8, 4) is 0 Å². The highest BCUT2D eigenvalue weighted by Crippen LogP contribution is 2.27. The number of rotatable bonds is 7. The second-order valence-corrected chi connectivity index (χ2v) is 6.67. The fourth-order valence-electron chi connectivity index (χ4n) is 2.98. The molecular weight excluding hydrogens is 344 g/mol. The molecule has 0 saturated heterocycles. The Balaban J connectivity index is 1.81. The van der Waals surface area contributed by atoms with Gasteiger partial charge >= 0.3 is 0 Å². The zero-order chi connectivity index (χ0) is 18.4. The summed E-state index contributed by atoms with van der Waals surface area (Å²) in [7, 11) is 0. The first kappa shape index (κ1) is 18.1. The van der Waals surface area contributed by atoms with Gasteiger partial charge in [-0.25, -0.2) is 0 Å². The SMILES string of the molecule is O=C(CC(CC(=O)c1ccc(Cl)cc1)c1ccccc1)c1ccccc1. The summed E-state index contributed by atoms with van der Waals surface area (Å²) in [5.41, 5.74) is 2.29. The molecular formula is C23H19ClO2. The molecule has 0 radical (unpaired) electrons. The maximum absolute atomic E-state index is 12.7. The van der Waals surface area contributed by atoms with Crippen molar-refractivity contribution in [1.29, 1.82) is 0 Å². The lowest BCUT2D eigenvalue weighted by molar-refractivity contribution is 0.0944. The van der Waals surface area contributed by atoms with Crippen LogP contribution in [0.25, 0.3) is 0 Å². The molecule has 0 aliphatic carbocycles. The Labute approximate surface area is 158 Å². The zero-order valence-electron chi connectivity index (χ0n) is 14.3. The summed E-state index contributed by atoms with van der Waals surface area (Å²) in [5, 5.41) is 0.598. The lowest BCUT2D eigenvalue weighted by atomic mass is 9.86. The van der Waals surface area contributed by atoms with Gasteiger partial charge in [-0.2, -0.15) is 0 Å². The Morgan fingerprint density at radius 3 is 1.65 bits per heavy atom. The molecule has 0 N–H and O–H groups in total. The van der Waals surface area contributed by atoms with E-state index < -0.39 is 0 Å². The number of ketones is 2. The summed E-state index contributed by atoms with van der Waals surface area (Å²) >= 11 is 5.90. The normalized spacial score (nSPS) is 11.7. The van der Waals surface area contributed by atoms with Crippen LogP contribution >= 0.6 is 11.6 Å². The van der Waals surface area contributed by atoms with Gasteiger partial charge in [0.2, 0.25) is 0 Å². The van der Waals surface area contributed by atoms with Crippen LogP contribution in [0.4, 0.5) is 0 Å². The molecule has 0 amide bonds. The van der Waals surface area contributed by atoms with E-state index in [2.05, 4.69) is 0 Å². The fourth-order valence-corrected chi connectivity index (χ4v) is 3.10. The third-order valence-electron chi connectivity index (χ3n) is 4.40. The van der Waals surface area contributed by atoms with E-state index in [1.807, 2.05) is 60.7 Å². The Bertz CT molecular complexity index is 871. The van der Waals surface area contributed by atoms with E-state index in [4.69, 9.17) is 11.6 Å². The molecule has 3 aromatic rings. The Morgan fingerprint density at radius 2 is 1.12 bits per heavy atom. The molecule has 0 aromatic heterocycles. The quantitative estimate of drug-likeness (QED) is 0.485. The summed E-state index contributed by atoms with van der Waals surface area (Å²) < 4.78 is 0. The maximum atomic E-state index is 12.7. The monoisotopic (exact) mass is 362 g/mol. The molecule has 0 aliphatic heterocycles. The molecule has 3 aromatic carbocycles. The Morgan fingerprint density at radius 1 is 0.654 bits per heavy atom. The maximum Gasteiger partial charge on any atom is 0.163 e. The molecule has 130 valence electrons. The summed E-state index contributed by atoms with van der Waals surface area (Å²) in [4.78, 5) is 25.4. The first-order valence-electron chi connectivity index (χ1n) is 8.55. The summed E-state index contributed by atoms with van der Waals surface area (Å²) in [5.74, 6) is -0.105. The average molecular weight is 363 g/mol. The van der Waals surface area contributed by atoms with Crippen LogP contribution in [0.15, 0.2) is 84.9 Å². The number of benzene rings is 3. The van der Waals surface area contributed by atoms with E-state index >= 15 is 0 Å². The second-order valence-electron chi connectivity index (χ2n) is 6.24. The van der Waals surface area contributed by atoms with Gasteiger partial charge in [0.25, 0.3) is 0 Å². The molecule has 1 unspecified atom stereocenters. The first-order chi connectivity index (χ1) is 12.6. The molecule has 0 bridgehead atoms. The number of Topliss-reactive ketones (excluding diaryl/α,β-unsaturated/α-hetero) is 2. The Hall–Kier alpha value is -2.71. The van der Waals surface area contributed by atoms with Crippen LogP contribution in [-0.2, 0) is 0 Å². The molecule has 26 heavy (non-hydrogen) atoms. The lowest BCUT2D eigenvalue weighted by Gasteiger charge is -2.16. The largest absolute Gasteiger partial charge is 0.294 e. The van der Waals surface area contributed by atoms with Crippen molar-refractivity contribution in [2.24, 2.45) is 0 Å². The van der Waals surface area contributed by atoms with Crippen LogP contribution in [0.5, 0.6) is 0 Å². The van der Waals surface area contributed by atoms with Crippen LogP contribution in [0, 0.1) is 0 Å². The highest BCUT2D eigenvalue weighted by atomic mass is 35.5. The number of hydrogen-bond acceptors (Lipinski definition) is 2. The third-order valence-corrected chi connectivity index (χ3v) is 4.65. The fraction of sp³-hybridized carbons (Fsp3) is 0.130. The van der Waals surface area contributed by atoms with Crippen LogP contribution in [0.1, 0.15) is 45.0 Å². The number of carbonyl (C=O) groups is 2. The van der Waals surface area contributed by atoms with Gasteiger partial charge in [-0.15, -0.1) is 0 Å². The van der Waals surface area contributed by atoms with Crippen molar-refractivity contribution in [3.63, 3.8) is 0 Å². The highest BCUT2D eigenvalue weighted by Gasteiger charge is 2.21. The molecule has 3 heteroatoms. The van der Waals surface area contributed by atoms with Crippen molar-refractivity contribution in [1.82, 2.24) is 0 Å². The van der Waals surface area contributed by atoms with Gasteiger partial charge in [-0.1, -0.05) is 72.3 Å². The minimum Gasteiger partial charge on any atom is -0.294 e. The standard InChI is InChI=1S/C23H19ClO2/c24-21-13-11-19(12-14-21)23(26)16-20(17-7-3-1-4-8-17)15-22(25)18-9-5-2-6-10-18/h1-14,20H,15-16H2. The van der Waals surface area contributed by atoms with Gasteiger partial charge in [0, 0.05) is 29.0 Å². The molecule has 0 aliphatic rings. The van der Waals surface area contributed by atoms with Crippen molar-refractivity contribution >= 4 is 23.2 Å². The van der Waals surface area contributed by atoms with Crippen LogP contribution < -0.4 is 0 Å². The molecule has 0 heterocycles. The van der Waals surface area contributed by atoms with Gasteiger partial charge in [0.05, 0.1) is 0 Å². The van der Waals surface area contributed by atoms with E-state index in [1.165, 1.54) is 0 Å². The van der Waals surface area contributed by atoms with Gasteiger partial charge in [-0.05, 0) is 35.7 Å². The topological polar surface area (TPSA) is 34.1 Å². The van der Waals surface area contributed by atoms with E-state index in [-0.39, 0.29) is 23.9 Å². The van der Waals surface area contributed by atoms with E-state index in [0.717, 1.165) is 5.56 Å². The predicted molar refractivity (Wildman–Crippen MR) is 105 cm³/mol. The van der Waals surface area contributed by atoms with Crippen LogP contribution in [0.2, 0.25) is 5.02 Å². The molecule has 3 rings (SSSR count). The van der Waals surface area contributed by atoms with Gasteiger partial charge in [0.15, 0.2) is 11.6 Å². The number of hydrogen-bond donors (Lipinski definition) is 0. The summed E-state index contributed by atoms with van der Waals surface area (Å²) in [6, 6.07) is 25.8. The van der Waals surface area contributed by atoms with E-state index in [9.17, 15) is 9.59 Å². The minimum atomic E-state index is -0.160. The molecule has 0 fully saturated rings. The smallest absolute Gasteiger partial charge is 0.163 e. The third kappa shape index (κ3) is 4.68. The predicted octanol–water partition coefficient (Wildman–Crippen LogP) is 5.97. The van der Waals surface area contributed by atoms with Gasteiger partial charge in [0.1, 0.15) is 0 Å². The molecule has 2 nitrogen and oxygen atoms in total. The number of halogens is 1. The highest BCUT2D eigenvalue weighted by molar-refractivity contribution is 6.30. The van der Waals surface area contributed by atoms with Crippen molar-refractivity contribution in [3.05, 3.63) is 107 Å². The minimum absolute atomic E-state index is 0.0105. The van der Waals surface area contributed by atoms with Crippen molar-refractivity contribution < 1.29 is 9.59 Å². The van der Waals surface area contributed by atoms with Crippen molar-refractivity contribution in [2.45, 2.75) is 18.8 Å². The molecule has 0 saturated carbocycles. The summed E-state index contributed by atoms with van der Waals surface area (Å²) in [6.45, 7) is 0. The van der Waals surface area contributed by atoms with Crippen LogP contribution in [-0.4, -0.2) is 11.6 Å². The van der Waals surface area contributed by atoms with Crippen LogP contribution in [0.3, 0.4) is 0 Å². The lowest BCUT2D eigenvalue weighted by Crippen LogP contribution is -2.12. The molecule has 0 spiro atoms. The van der Waals surface area contributed by atoms with E-state index in [1.54, 1.807) is 24.3 Å². The van der Waals surface area contributed by atoms with Crippen molar-refractivity contribution in [2.75, 3.05) is 0 Å². The average Bonchev–Trinajstić information content (AvgIpc) is 2.69. The summed E-state index contributed by atoms with van der Waals surface area (Å²) in [6.07, 6.45) is 0.581. The molecule has 1 atom stereocenters. The van der Waals surface area contributed by atoms with Gasteiger partial charge < -0.3 is 0 Å². The number of carbonyl (C=O) groups excluding carboxylic acids is 2.